The van der Waals surface area contributed by atoms with Crippen molar-refractivity contribution in [3.05, 3.63) is 27.8 Å². The number of hydrogen-bond acceptors (Lipinski definition) is 3. The molecule has 0 saturated heterocycles. The van der Waals surface area contributed by atoms with Crippen LogP contribution in [0.4, 0.5) is 0 Å². The SMILES string of the molecule is O=C1C=CCC=[N+]1[N-][N+](=O)[O-]. The van der Waals surface area contributed by atoms with Gasteiger partial charge in [-0.05, 0) is 0 Å². The maximum atomic E-state index is 10.7. The van der Waals surface area contributed by atoms with Gasteiger partial charge in [-0.1, -0.05) is 11.6 Å². The third-order valence-corrected chi connectivity index (χ3v) is 1.07. The molecule has 0 radical (unpaired) electrons. The number of carbonyl (C=O) groups excluding carboxylic acids is 1. The lowest BCUT2D eigenvalue weighted by Crippen LogP contribution is -2.20. The van der Waals surface area contributed by atoms with E-state index in [1.165, 1.54) is 12.3 Å². The Kier molecular flexibility index (Phi) is 1.95. The summed E-state index contributed by atoms with van der Waals surface area (Å²) in [5.41, 5.74) is 2.82. The number of carbonyl (C=O) groups is 1. The van der Waals surface area contributed by atoms with Gasteiger partial charge in [0.05, 0.1) is 6.08 Å². The highest BCUT2D eigenvalue weighted by Crippen LogP contribution is 1.97. The fraction of sp³-hybridized carbons (Fsp3) is 0.200. The molecule has 1 heterocycles. The summed E-state index contributed by atoms with van der Waals surface area (Å²) in [7, 11) is 0. The molecular weight excluding hydrogens is 150 g/mol. The van der Waals surface area contributed by atoms with Gasteiger partial charge in [-0.25, -0.2) is 4.79 Å². The Balaban J connectivity index is 2.64. The van der Waals surface area contributed by atoms with E-state index >= 15 is 0 Å². The van der Waals surface area contributed by atoms with Crippen LogP contribution in [0.3, 0.4) is 0 Å². The second-order valence-corrected chi connectivity index (χ2v) is 1.83. The normalized spacial score (nSPS) is 16.0. The van der Waals surface area contributed by atoms with Crippen LogP contribution in [0.25, 0.3) is 5.53 Å². The topological polar surface area (TPSA) is 77.3 Å². The lowest BCUT2D eigenvalue weighted by atomic mass is 10.3. The van der Waals surface area contributed by atoms with E-state index in [-0.39, 0.29) is 0 Å². The standard InChI is InChI=1S/C5H5N3O3/c9-5-3-1-2-4-7(5)6-8(10)11/h1,3-4H,2H2. The van der Waals surface area contributed by atoms with Gasteiger partial charge >= 0.3 is 5.91 Å². The van der Waals surface area contributed by atoms with Gasteiger partial charge in [0, 0.05) is 11.5 Å². The Morgan fingerprint density at radius 2 is 2.45 bits per heavy atom. The molecule has 1 amide bonds. The summed E-state index contributed by atoms with van der Waals surface area (Å²) >= 11 is 0. The maximum absolute atomic E-state index is 10.7. The third-order valence-electron chi connectivity index (χ3n) is 1.07. The second-order valence-electron chi connectivity index (χ2n) is 1.83. The molecule has 11 heavy (non-hydrogen) atoms. The largest absolute Gasteiger partial charge is 0.411 e. The van der Waals surface area contributed by atoms with Crippen molar-refractivity contribution in [2.45, 2.75) is 6.42 Å². The van der Waals surface area contributed by atoms with Gasteiger partial charge in [-0.15, -0.1) is 0 Å². The smallest absolute Gasteiger partial charge is 0.264 e. The molecular formula is C5H5N3O3. The Morgan fingerprint density at radius 1 is 1.73 bits per heavy atom. The van der Waals surface area contributed by atoms with Crippen molar-refractivity contribution in [3.63, 3.8) is 0 Å². The summed E-state index contributed by atoms with van der Waals surface area (Å²) in [6, 6.07) is 0. The van der Waals surface area contributed by atoms with Crippen LogP contribution in [0, 0.1) is 10.1 Å². The molecule has 0 N–H and O–H groups in total. The maximum Gasteiger partial charge on any atom is 0.411 e. The number of rotatable bonds is 2. The predicted octanol–water partition coefficient (Wildman–Crippen LogP) is 0.0366. The molecule has 0 aromatic carbocycles. The molecule has 0 fully saturated rings. The number of amides is 1. The van der Waals surface area contributed by atoms with Crippen LogP contribution in [-0.2, 0) is 4.79 Å². The van der Waals surface area contributed by atoms with Crippen LogP contribution in [0.1, 0.15) is 6.42 Å². The Labute approximate surface area is 61.9 Å². The summed E-state index contributed by atoms with van der Waals surface area (Å²) in [5, 5.41) is 8.90. The lowest BCUT2D eigenvalue weighted by molar-refractivity contribution is -0.594. The van der Waals surface area contributed by atoms with Crippen LogP contribution in [0.5, 0.6) is 0 Å². The van der Waals surface area contributed by atoms with E-state index in [1.807, 2.05) is 0 Å². The average molecular weight is 155 g/mol. The zero-order valence-electron chi connectivity index (χ0n) is 5.51. The van der Waals surface area contributed by atoms with Crippen molar-refractivity contribution in [2.75, 3.05) is 0 Å². The van der Waals surface area contributed by atoms with E-state index in [0.717, 1.165) is 0 Å². The minimum atomic E-state index is -0.909. The number of nitro groups is 1. The van der Waals surface area contributed by atoms with Gasteiger partial charge in [-0.2, -0.15) is 4.68 Å². The minimum absolute atomic E-state index is 0.489. The van der Waals surface area contributed by atoms with E-state index < -0.39 is 10.9 Å². The monoisotopic (exact) mass is 155 g/mol. The van der Waals surface area contributed by atoms with Crippen LogP contribution in [0.2, 0.25) is 0 Å². The summed E-state index contributed by atoms with van der Waals surface area (Å²) in [6.45, 7) is 0. The van der Waals surface area contributed by atoms with Gasteiger partial charge in [-0.3, -0.25) is 10.1 Å². The zero-order chi connectivity index (χ0) is 8.27. The molecule has 1 aliphatic heterocycles. The molecule has 1 aliphatic rings. The van der Waals surface area contributed by atoms with Crippen LogP contribution in [-0.4, -0.2) is 21.8 Å². The third kappa shape index (κ3) is 1.85. The summed E-state index contributed by atoms with van der Waals surface area (Å²) in [4.78, 5) is 20.6. The quantitative estimate of drug-likeness (QED) is 0.321. The molecule has 0 saturated carbocycles. The molecule has 0 spiro atoms. The first-order valence-electron chi connectivity index (χ1n) is 2.89. The Morgan fingerprint density at radius 3 is 3.00 bits per heavy atom. The van der Waals surface area contributed by atoms with Crippen molar-refractivity contribution in [2.24, 2.45) is 0 Å². The highest BCUT2D eigenvalue weighted by molar-refractivity contribution is 5.85. The fourth-order valence-electron chi connectivity index (χ4n) is 0.655. The molecule has 0 atom stereocenters. The molecule has 0 aromatic heterocycles. The molecule has 6 heteroatoms. The first kappa shape index (κ1) is 7.39. The van der Waals surface area contributed by atoms with Crippen LogP contribution < -0.4 is 0 Å². The zero-order valence-corrected chi connectivity index (χ0v) is 5.51. The molecule has 0 aromatic rings. The summed E-state index contributed by atoms with van der Waals surface area (Å²) in [5.74, 6) is -0.493. The van der Waals surface area contributed by atoms with Gasteiger partial charge < -0.3 is 0 Å². The van der Waals surface area contributed by atoms with Gasteiger partial charge in [0.15, 0.2) is 6.21 Å². The molecule has 0 bridgehead atoms. The van der Waals surface area contributed by atoms with E-state index in [9.17, 15) is 14.9 Å². The second kappa shape index (κ2) is 2.91. The lowest BCUT2D eigenvalue weighted by Gasteiger charge is -2.04. The fourth-order valence-corrected chi connectivity index (χ4v) is 0.655. The van der Waals surface area contributed by atoms with Gasteiger partial charge in [0.1, 0.15) is 0 Å². The highest BCUT2D eigenvalue weighted by Gasteiger charge is 2.12. The van der Waals surface area contributed by atoms with Crippen LogP contribution in [0.15, 0.2) is 12.2 Å². The summed E-state index contributed by atoms with van der Waals surface area (Å²) < 4.78 is 0.708. The molecule has 0 aliphatic carbocycles. The Hall–Kier alpha value is -1.72. The molecule has 1 rings (SSSR count). The number of hydrogen-bond donors (Lipinski definition) is 0. The van der Waals surface area contributed by atoms with Crippen molar-refractivity contribution in [1.29, 1.82) is 0 Å². The first-order valence-corrected chi connectivity index (χ1v) is 2.89. The van der Waals surface area contributed by atoms with Crippen molar-refractivity contribution in [3.8, 4) is 0 Å². The Bertz CT molecular complexity index is 256. The van der Waals surface area contributed by atoms with Crippen molar-refractivity contribution < 1.29 is 14.5 Å². The van der Waals surface area contributed by atoms with Crippen molar-refractivity contribution >= 4 is 12.1 Å². The van der Waals surface area contributed by atoms with E-state index in [2.05, 4.69) is 5.53 Å². The molecule has 6 nitrogen and oxygen atoms in total. The molecule has 58 valence electrons. The first-order chi connectivity index (χ1) is 5.20. The predicted molar refractivity (Wildman–Crippen MR) is 35.4 cm³/mol. The number of allylic oxidation sites excluding steroid dienone is 1. The van der Waals surface area contributed by atoms with E-state index in [0.29, 0.717) is 11.1 Å². The highest BCUT2D eigenvalue weighted by atomic mass is 16.7. The van der Waals surface area contributed by atoms with Crippen LogP contribution >= 0.6 is 0 Å². The molecule has 0 unspecified atom stereocenters. The van der Waals surface area contributed by atoms with Crippen molar-refractivity contribution in [1.82, 2.24) is 0 Å². The van der Waals surface area contributed by atoms with E-state index in [1.54, 1.807) is 6.08 Å². The number of nitrogens with zero attached hydrogens (tertiary/aromatic N) is 3. The minimum Gasteiger partial charge on any atom is -0.264 e. The average Bonchev–Trinajstić information content (AvgIpc) is 1.93. The van der Waals surface area contributed by atoms with E-state index in [4.69, 9.17) is 0 Å². The van der Waals surface area contributed by atoms with Gasteiger partial charge in [0.2, 0.25) is 0 Å². The summed E-state index contributed by atoms with van der Waals surface area (Å²) in [6.07, 6.45) is 4.68. The van der Waals surface area contributed by atoms with Gasteiger partial charge in [0.25, 0.3) is 0 Å².